The average molecular weight is 433 g/mol. The number of hydrogen-bond acceptors (Lipinski definition) is 5. The van der Waals surface area contributed by atoms with Gasteiger partial charge in [-0.1, -0.05) is 49.4 Å². The summed E-state index contributed by atoms with van der Waals surface area (Å²) >= 11 is 0. The molecule has 0 heterocycles. The largest absolute Gasteiger partial charge is 0.469 e. The van der Waals surface area contributed by atoms with E-state index in [0.29, 0.717) is 13.0 Å². The number of hydrogen-bond donors (Lipinski definition) is 1. The zero-order valence-corrected chi connectivity index (χ0v) is 18.3. The van der Waals surface area contributed by atoms with Gasteiger partial charge < -0.3 is 9.64 Å². The van der Waals surface area contributed by atoms with Crippen molar-refractivity contribution in [2.24, 2.45) is 5.92 Å². The van der Waals surface area contributed by atoms with Crippen LogP contribution in [0, 0.1) is 5.92 Å². The first kappa shape index (κ1) is 23.6. The van der Waals surface area contributed by atoms with Crippen molar-refractivity contribution >= 4 is 21.9 Å². The lowest BCUT2D eigenvalue weighted by Gasteiger charge is -2.25. The molecule has 0 saturated carbocycles. The van der Waals surface area contributed by atoms with Gasteiger partial charge in [0.15, 0.2) is 0 Å². The highest BCUT2D eigenvalue weighted by atomic mass is 32.2. The Morgan fingerprint density at radius 1 is 1.03 bits per heavy atom. The summed E-state index contributed by atoms with van der Waals surface area (Å²) in [6.45, 7) is 2.40. The van der Waals surface area contributed by atoms with Gasteiger partial charge in [-0.3, -0.25) is 9.59 Å². The van der Waals surface area contributed by atoms with Crippen molar-refractivity contribution in [3.8, 4) is 0 Å². The van der Waals surface area contributed by atoms with Gasteiger partial charge >= 0.3 is 5.97 Å². The van der Waals surface area contributed by atoms with Crippen LogP contribution in [-0.2, 0) is 37.3 Å². The van der Waals surface area contributed by atoms with Crippen molar-refractivity contribution in [3.63, 3.8) is 0 Å². The van der Waals surface area contributed by atoms with E-state index in [0.717, 1.165) is 11.1 Å². The van der Waals surface area contributed by atoms with E-state index in [1.165, 1.54) is 26.3 Å². The van der Waals surface area contributed by atoms with Gasteiger partial charge in [0.25, 0.3) is 0 Å². The molecule has 8 heteroatoms. The summed E-state index contributed by atoms with van der Waals surface area (Å²) in [5.74, 6) is -0.877. The molecule has 2 aromatic rings. The Balaban J connectivity index is 2.06. The van der Waals surface area contributed by atoms with Crippen LogP contribution in [-0.4, -0.2) is 45.9 Å². The topological polar surface area (TPSA) is 92.8 Å². The molecule has 0 bridgehead atoms. The molecule has 0 aliphatic carbocycles. The van der Waals surface area contributed by atoms with Crippen LogP contribution in [0.4, 0.5) is 0 Å². The summed E-state index contributed by atoms with van der Waals surface area (Å²) in [5.41, 5.74) is 1.84. The van der Waals surface area contributed by atoms with Crippen molar-refractivity contribution in [2.75, 3.05) is 20.7 Å². The van der Waals surface area contributed by atoms with Crippen LogP contribution in [0.1, 0.15) is 24.5 Å². The van der Waals surface area contributed by atoms with Gasteiger partial charge in [-0.05, 0) is 36.7 Å². The maximum absolute atomic E-state index is 12.9. The summed E-state index contributed by atoms with van der Waals surface area (Å²) in [6, 6.07) is 16.0. The van der Waals surface area contributed by atoms with Crippen LogP contribution in [0.15, 0.2) is 59.5 Å². The first-order chi connectivity index (χ1) is 14.3. The Hall–Kier alpha value is -2.71. The molecule has 7 nitrogen and oxygen atoms in total. The third kappa shape index (κ3) is 6.67. The molecule has 1 atom stereocenters. The minimum absolute atomic E-state index is 0.0819. The number of nitrogens with zero attached hydrogens (tertiary/aromatic N) is 1. The van der Waals surface area contributed by atoms with Gasteiger partial charge in [-0.25, -0.2) is 13.1 Å². The number of rotatable bonds is 10. The minimum atomic E-state index is -3.49. The van der Waals surface area contributed by atoms with Gasteiger partial charge in [0, 0.05) is 19.5 Å². The van der Waals surface area contributed by atoms with Crippen LogP contribution in [0.25, 0.3) is 0 Å². The molecular weight excluding hydrogens is 404 g/mol. The second kappa shape index (κ2) is 10.9. The Morgan fingerprint density at radius 2 is 1.67 bits per heavy atom. The highest BCUT2D eigenvalue weighted by Crippen LogP contribution is 2.14. The molecule has 0 radical (unpaired) electrons. The van der Waals surface area contributed by atoms with Crippen LogP contribution < -0.4 is 4.72 Å². The maximum atomic E-state index is 12.9. The molecule has 0 aliphatic heterocycles. The number of carbonyl (C=O) groups excluding carboxylic acids is 2. The predicted octanol–water partition coefficient (Wildman–Crippen LogP) is 2.37. The fraction of sp³-hybridized carbons (Fsp3) is 0.364. The van der Waals surface area contributed by atoms with Gasteiger partial charge in [0.05, 0.1) is 17.9 Å². The monoisotopic (exact) mass is 432 g/mol. The standard InChI is InChI=1S/C22H28N2O5S/c1-17(22(26)29-3)15-24(16-19-7-5-4-6-8-19)21(25)14-11-18-9-12-20(13-10-18)30(27,28)23-2/h4-10,12-13,17,23H,11,14-16H2,1-3H3. The highest BCUT2D eigenvalue weighted by Gasteiger charge is 2.22. The van der Waals surface area contributed by atoms with Crippen molar-refractivity contribution in [1.29, 1.82) is 0 Å². The van der Waals surface area contributed by atoms with Gasteiger partial charge in [-0.2, -0.15) is 0 Å². The van der Waals surface area contributed by atoms with Crippen LogP contribution in [0.3, 0.4) is 0 Å². The molecule has 0 spiro atoms. The summed E-state index contributed by atoms with van der Waals surface area (Å²) in [6.07, 6.45) is 0.718. The molecule has 2 aromatic carbocycles. The fourth-order valence-electron chi connectivity index (χ4n) is 3.03. The molecule has 0 aliphatic rings. The average Bonchev–Trinajstić information content (AvgIpc) is 2.77. The maximum Gasteiger partial charge on any atom is 0.310 e. The molecule has 0 aromatic heterocycles. The van der Waals surface area contributed by atoms with E-state index in [4.69, 9.17) is 4.74 Å². The third-order valence-corrected chi connectivity index (χ3v) is 6.23. The first-order valence-corrected chi connectivity index (χ1v) is 11.2. The number of benzene rings is 2. The van der Waals surface area contributed by atoms with Crippen molar-refractivity contribution in [3.05, 3.63) is 65.7 Å². The smallest absolute Gasteiger partial charge is 0.310 e. The van der Waals surface area contributed by atoms with Gasteiger partial charge in [-0.15, -0.1) is 0 Å². The number of carbonyl (C=O) groups is 2. The van der Waals surface area contributed by atoms with Crippen molar-refractivity contribution in [2.45, 2.75) is 31.2 Å². The third-order valence-electron chi connectivity index (χ3n) is 4.80. The number of sulfonamides is 1. The molecule has 0 fully saturated rings. The molecule has 162 valence electrons. The van der Waals surface area contributed by atoms with Crippen LogP contribution in [0.2, 0.25) is 0 Å². The molecule has 0 saturated heterocycles. The number of esters is 1. The van der Waals surface area contributed by atoms with E-state index >= 15 is 0 Å². The Kier molecular flexibility index (Phi) is 8.56. The van der Waals surface area contributed by atoms with Crippen LogP contribution in [0.5, 0.6) is 0 Å². The minimum Gasteiger partial charge on any atom is -0.469 e. The zero-order valence-electron chi connectivity index (χ0n) is 17.5. The van der Waals surface area contributed by atoms with Crippen molar-refractivity contribution in [1.82, 2.24) is 9.62 Å². The number of amides is 1. The van der Waals surface area contributed by atoms with E-state index in [2.05, 4.69) is 4.72 Å². The van der Waals surface area contributed by atoms with Gasteiger partial charge in [0.2, 0.25) is 15.9 Å². The zero-order chi connectivity index (χ0) is 22.1. The summed E-state index contributed by atoms with van der Waals surface area (Å²) in [4.78, 5) is 26.6. The highest BCUT2D eigenvalue weighted by molar-refractivity contribution is 7.89. The van der Waals surface area contributed by atoms with Crippen LogP contribution >= 0.6 is 0 Å². The van der Waals surface area contributed by atoms with E-state index in [1.54, 1.807) is 24.0 Å². The lowest BCUT2D eigenvalue weighted by molar-refractivity contribution is -0.146. The number of aryl methyl sites for hydroxylation is 1. The first-order valence-electron chi connectivity index (χ1n) is 9.69. The lowest BCUT2D eigenvalue weighted by Crippen LogP contribution is -2.37. The van der Waals surface area contributed by atoms with E-state index < -0.39 is 15.9 Å². The molecule has 1 unspecified atom stereocenters. The van der Waals surface area contributed by atoms with Crippen molar-refractivity contribution < 1.29 is 22.7 Å². The summed E-state index contributed by atoms with van der Waals surface area (Å²) in [7, 11) is -0.794. The second-order valence-corrected chi connectivity index (χ2v) is 8.92. The number of ether oxygens (including phenoxy) is 1. The molecule has 2 rings (SSSR count). The van der Waals surface area contributed by atoms with Gasteiger partial charge in [0.1, 0.15) is 0 Å². The number of methoxy groups -OCH3 is 1. The molecule has 30 heavy (non-hydrogen) atoms. The molecule has 1 amide bonds. The molecular formula is C22H28N2O5S. The second-order valence-electron chi connectivity index (χ2n) is 7.04. The summed E-state index contributed by atoms with van der Waals surface area (Å²) < 4.78 is 30.7. The normalized spacial score (nSPS) is 12.2. The lowest BCUT2D eigenvalue weighted by atomic mass is 10.1. The number of nitrogens with one attached hydrogen (secondary N) is 1. The van der Waals surface area contributed by atoms with E-state index in [-0.39, 0.29) is 29.7 Å². The van der Waals surface area contributed by atoms with E-state index in [9.17, 15) is 18.0 Å². The quantitative estimate of drug-likeness (QED) is 0.582. The SMILES string of the molecule is CNS(=O)(=O)c1ccc(CCC(=O)N(Cc2ccccc2)CC(C)C(=O)OC)cc1. The Bertz CT molecular complexity index is 943. The van der Waals surface area contributed by atoms with E-state index in [1.807, 2.05) is 30.3 Å². The summed E-state index contributed by atoms with van der Waals surface area (Å²) in [5, 5.41) is 0. The fourth-order valence-corrected chi connectivity index (χ4v) is 3.76. The Morgan fingerprint density at radius 3 is 2.23 bits per heavy atom. The predicted molar refractivity (Wildman–Crippen MR) is 114 cm³/mol. The molecule has 1 N–H and O–H groups in total. The Labute approximate surface area is 178 Å².